The molecule has 0 bridgehead atoms. The van der Waals surface area contributed by atoms with Gasteiger partial charge in [0.05, 0.1) is 12.7 Å². The average molecular weight is 251 g/mol. The molecule has 1 aliphatic rings. The predicted octanol–water partition coefficient (Wildman–Crippen LogP) is 2.27. The molecular weight excluding hydrogens is 226 g/mol. The van der Waals surface area contributed by atoms with Crippen LogP contribution in [0, 0.1) is 5.41 Å². The summed E-state index contributed by atoms with van der Waals surface area (Å²) in [5, 5.41) is 7.47. The quantitative estimate of drug-likeness (QED) is 0.895. The molecule has 0 aliphatic carbocycles. The Morgan fingerprint density at radius 2 is 2.28 bits per heavy atom. The molecule has 2 rings (SSSR count). The normalized spacial score (nSPS) is 26.4. The SMILES string of the molecule is CCC1CNC(C(C)(C)C)CN1Cc1ccno1. The first kappa shape index (κ1) is 13.6. The van der Waals surface area contributed by atoms with Gasteiger partial charge < -0.3 is 9.84 Å². The summed E-state index contributed by atoms with van der Waals surface area (Å²) in [6.45, 7) is 12.1. The molecule has 0 saturated carbocycles. The Hall–Kier alpha value is -0.870. The second kappa shape index (κ2) is 5.41. The fourth-order valence-electron chi connectivity index (χ4n) is 2.56. The lowest BCUT2D eigenvalue weighted by Crippen LogP contribution is -2.59. The van der Waals surface area contributed by atoms with Crippen molar-refractivity contribution in [2.45, 2.75) is 52.7 Å². The van der Waals surface area contributed by atoms with Crippen LogP contribution in [0.15, 0.2) is 16.8 Å². The van der Waals surface area contributed by atoms with Gasteiger partial charge in [0.1, 0.15) is 0 Å². The van der Waals surface area contributed by atoms with Gasteiger partial charge in [-0.25, -0.2) is 0 Å². The third kappa shape index (κ3) is 3.12. The first-order valence-corrected chi connectivity index (χ1v) is 6.87. The fraction of sp³-hybridized carbons (Fsp3) is 0.786. The van der Waals surface area contributed by atoms with Crippen molar-refractivity contribution in [2.24, 2.45) is 5.41 Å². The van der Waals surface area contributed by atoms with Crippen molar-refractivity contribution in [1.82, 2.24) is 15.4 Å². The molecule has 0 spiro atoms. The van der Waals surface area contributed by atoms with Crippen molar-refractivity contribution in [3.8, 4) is 0 Å². The maximum absolute atomic E-state index is 5.24. The molecule has 4 nitrogen and oxygen atoms in total. The molecule has 102 valence electrons. The van der Waals surface area contributed by atoms with Crippen LogP contribution in [0.25, 0.3) is 0 Å². The molecule has 0 amide bonds. The summed E-state index contributed by atoms with van der Waals surface area (Å²) in [5.74, 6) is 0.961. The van der Waals surface area contributed by atoms with Gasteiger partial charge in [-0.2, -0.15) is 0 Å². The highest BCUT2D eigenvalue weighted by Crippen LogP contribution is 2.25. The number of nitrogens with one attached hydrogen (secondary N) is 1. The molecule has 1 aliphatic heterocycles. The lowest BCUT2D eigenvalue weighted by molar-refractivity contribution is 0.0701. The van der Waals surface area contributed by atoms with E-state index in [0.29, 0.717) is 17.5 Å². The van der Waals surface area contributed by atoms with Gasteiger partial charge in [0.25, 0.3) is 0 Å². The molecule has 2 unspecified atom stereocenters. The molecule has 0 radical (unpaired) electrons. The van der Waals surface area contributed by atoms with E-state index in [0.717, 1.165) is 31.8 Å². The third-order valence-electron chi connectivity index (χ3n) is 3.90. The van der Waals surface area contributed by atoms with Crippen LogP contribution in [0.2, 0.25) is 0 Å². The Balaban J connectivity index is 2.04. The summed E-state index contributed by atoms with van der Waals surface area (Å²) in [6, 6.07) is 3.08. The zero-order chi connectivity index (χ0) is 13.2. The lowest BCUT2D eigenvalue weighted by atomic mass is 9.84. The van der Waals surface area contributed by atoms with E-state index in [1.54, 1.807) is 6.20 Å². The van der Waals surface area contributed by atoms with Gasteiger partial charge in [0.15, 0.2) is 5.76 Å². The van der Waals surface area contributed by atoms with Crippen molar-refractivity contribution >= 4 is 0 Å². The zero-order valence-electron chi connectivity index (χ0n) is 11.9. The van der Waals surface area contributed by atoms with Crippen molar-refractivity contribution in [2.75, 3.05) is 13.1 Å². The highest BCUT2D eigenvalue weighted by molar-refractivity contribution is 4.97. The molecular formula is C14H25N3O. The van der Waals surface area contributed by atoms with E-state index in [4.69, 9.17) is 4.52 Å². The van der Waals surface area contributed by atoms with Gasteiger partial charge >= 0.3 is 0 Å². The molecule has 2 atom stereocenters. The molecule has 1 N–H and O–H groups in total. The van der Waals surface area contributed by atoms with Gasteiger partial charge in [0.2, 0.25) is 0 Å². The van der Waals surface area contributed by atoms with Crippen molar-refractivity contribution in [3.63, 3.8) is 0 Å². The van der Waals surface area contributed by atoms with Crippen LogP contribution >= 0.6 is 0 Å². The molecule has 2 heterocycles. The second-order valence-electron chi connectivity index (χ2n) is 6.30. The van der Waals surface area contributed by atoms with Gasteiger partial charge in [-0.05, 0) is 11.8 Å². The molecule has 1 aromatic rings. The van der Waals surface area contributed by atoms with Crippen LogP contribution in [0.5, 0.6) is 0 Å². The molecule has 1 saturated heterocycles. The van der Waals surface area contributed by atoms with Crippen molar-refractivity contribution in [1.29, 1.82) is 0 Å². The number of aromatic nitrogens is 1. The number of hydrogen-bond acceptors (Lipinski definition) is 4. The van der Waals surface area contributed by atoms with Crippen LogP contribution in [0.1, 0.15) is 39.9 Å². The lowest BCUT2D eigenvalue weighted by Gasteiger charge is -2.44. The standard InChI is InChI=1S/C14H25N3O/c1-5-11-8-15-13(14(2,3)4)10-17(11)9-12-6-7-16-18-12/h6-7,11,13,15H,5,8-10H2,1-4H3. The average Bonchev–Trinajstić information content (AvgIpc) is 2.80. The van der Waals surface area contributed by atoms with E-state index < -0.39 is 0 Å². The third-order valence-corrected chi connectivity index (χ3v) is 3.90. The molecule has 0 aromatic carbocycles. The van der Waals surface area contributed by atoms with Crippen LogP contribution in [0.3, 0.4) is 0 Å². The van der Waals surface area contributed by atoms with Gasteiger partial charge in [-0.15, -0.1) is 0 Å². The van der Waals surface area contributed by atoms with Crippen LogP contribution in [-0.4, -0.2) is 35.2 Å². The Labute approximate surface area is 110 Å². The number of hydrogen-bond donors (Lipinski definition) is 1. The number of rotatable bonds is 3. The van der Waals surface area contributed by atoms with Gasteiger partial charge in [0, 0.05) is 31.2 Å². The van der Waals surface area contributed by atoms with E-state index in [9.17, 15) is 0 Å². The minimum Gasteiger partial charge on any atom is -0.360 e. The van der Waals surface area contributed by atoms with Crippen LogP contribution in [-0.2, 0) is 6.54 Å². The van der Waals surface area contributed by atoms with Crippen molar-refractivity contribution < 1.29 is 4.52 Å². The molecule has 4 heteroatoms. The van der Waals surface area contributed by atoms with Crippen LogP contribution in [0.4, 0.5) is 0 Å². The number of nitrogens with zero attached hydrogens (tertiary/aromatic N) is 2. The minimum absolute atomic E-state index is 0.290. The highest BCUT2D eigenvalue weighted by Gasteiger charge is 2.33. The Kier molecular flexibility index (Phi) is 4.07. The van der Waals surface area contributed by atoms with Crippen LogP contribution < -0.4 is 5.32 Å². The van der Waals surface area contributed by atoms with E-state index >= 15 is 0 Å². The first-order chi connectivity index (χ1) is 8.50. The highest BCUT2D eigenvalue weighted by atomic mass is 16.5. The minimum atomic E-state index is 0.290. The summed E-state index contributed by atoms with van der Waals surface area (Å²) in [6.07, 6.45) is 2.89. The largest absolute Gasteiger partial charge is 0.360 e. The summed E-state index contributed by atoms with van der Waals surface area (Å²) in [7, 11) is 0. The Morgan fingerprint density at radius 1 is 1.50 bits per heavy atom. The summed E-state index contributed by atoms with van der Waals surface area (Å²) < 4.78 is 5.24. The fourth-order valence-corrected chi connectivity index (χ4v) is 2.56. The zero-order valence-corrected chi connectivity index (χ0v) is 11.9. The summed E-state index contributed by atoms with van der Waals surface area (Å²) in [5.41, 5.74) is 0.290. The van der Waals surface area contributed by atoms with E-state index in [-0.39, 0.29) is 0 Å². The topological polar surface area (TPSA) is 41.3 Å². The van der Waals surface area contributed by atoms with E-state index in [2.05, 4.69) is 43.1 Å². The maximum atomic E-state index is 5.24. The smallest absolute Gasteiger partial charge is 0.150 e. The molecule has 1 fully saturated rings. The summed E-state index contributed by atoms with van der Waals surface area (Å²) >= 11 is 0. The molecule has 1 aromatic heterocycles. The van der Waals surface area contributed by atoms with E-state index in [1.807, 2.05) is 6.07 Å². The Morgan fingerprint density at radius 3 is 2.83 bits per heavy atom. The van der Waals surface area contributed by atoms with E-state index in [1.165, 1.54) is 0 Å². The second-order valence-corrected chi connectivity index (χ2v) is 6.30. The van der Waals surface area contributed by atoms with Crippen molar-refractivity contribution in [3.05, 3.63) is 18.0 Å². The predicted molar refractivity (Wildman–Crippen MR) is 72.2 cm³/mol. The van der Waals surface area contributed by atoms with Gasteiger partial charge in [-0.1, -0.05) is 32.9 Å². The summed E-state index contributed by atoms with van der Waals surface area (Å²) in [4.78, 5) is 2.52. The molecule has 18 heavy (non-hydrogen) atoms. The first-order valence-electron chi connectivity index (χ1n) is 6.87. The maximum Gasteiger partial charge on any atom is 0.150 e. The monoisotopic (exact) mass is 251 g/mol. The number of piperazine rings is 1. The van der Waals surface area contributed by atoms with Gasteiger partial charge in [-0.3, -0.25) is 4.90 Å². The Bertz CT molecular complexity index is 356.